The first-order valence-electron chi connectivity index (χ1n) is 6.19. The summed E-state index contributed by atoms with van der Waals surface area (Å²) in [6.07, 6.45) is 2.45. The molecular formula is C13H17ClF2N2OS. The average Bonchev–Trinajstić information content (AvgIpc) is 3.15. The largest absolute Gasteiger partial charge is 0.324 e. The van der Waals surface area contributed by atoms with Gasteiger partial charge in [-0.2, -0.15) is 8.78 Å². The molecule has 2 rings (SSSR count). The van der Waals surface area contributed by atoms with Gasteiger partial charge in [-0.15, -0.1) is 12.4 Å². The number of halogens is 3. The van der Waals surface area contributed by atoms with Gasteiger partial charge in [-0.25, -0.2) is 0 Å². The molecule has 1 aromatic rings. The number of para-hydroxylation sites is 1. The van der Waals surface area contributed by atoms with Crippen molar-refractivity contribution in [3.8, 4) is 0 Å². The summed E-state index contributed by atoms with van der Waals surface area (Å²) >= 11 is 0.437. The van der Waals surface area contributed by atoms with Crippen LogP contribution in [0.5, 0.6) is 0 Å². The third-order valence-electron chi connectivity index (χ3n) is 2.79. The van der Waals surface area contributed by atoms with Crippen molar-refractivity contribution in [1.29, 1.82) is 0 Å². The molecule has 1 fully saturated rings. The van der Waals surface area contributed by atoms with Crippen LogP contribution in [0.2, 0.25) is 0 Å². The molecule has 1 aliphatic rings. The summed E-state index contributed by atoms with van der Waals surface area (Å²) in [4.78, 5) is 12.1. The van der Waals surface area contributed by atoms with Crippen molar-refractivity contribution < 1.29 is 13.6 Å². The first-order chi connectivity index (χ1) is 9.15. The van der Waals surface area contributed by atoms with Crippen LogP contribution in [0.3, 0.4) is 0 Å². The van der Waals surface area contributed by atoms with Crippen LogP contribution in [0.15, 0.2) is 29.2 Å². The van der Waals surface area contributed by atoms with Crippen LogP contribution in [0.4, 0.5) is 14.5 Å². The van der Waals surface area contributed by atoms with Crippen molar-refractivity contribution in [3.05, 3.63) is 24.3 Å². The van der Waals surface area contributed by atoms with Crippen LogP contribution < -0.4 is 10.6 Å². The smallest absolute Gasteiger partial charge is 0.288 e. The Balaban J connectivity index is 0.00000200. The molecule has 7 heteroatoms. The molecular weight excluding hydrogens is 306 g/mol. The van der Waals surface area contributed by atoms with Crippen LogP contribution in [0.1, 0.15) is 12.8 Å². The number of carbonyl (C=O) groups is 1. The summed E-state index contributed by atoms with van der Waals surface area (Å²) in [5.74, 6) is -2.00. The maximum absolute atomic E-state index is 12.4. The molecule has 3 nitrogen and oxygen atoms in total. The topological polar surface area (TPSA) is 41.1 Å². The predicted molar refractivity (Wildman–Crippen MR) is 79.8 cm³/mol. The Bertz CT molecular complexity index is 444. The molecule has 0 atom stereocenters. The molecule has 0 heterocycles. The Labute approximate surface area is 127 Å². The van der Waals surface area contributed by atoms with E-state index in [9.17, 15) is 13.6 Å². The number of anilines is 1. The monoisotopic (exact) mass is 322 g/mol. The molecule has 1 amide bonds. The van der Waals surface area contributed by atoms with Gasteiger partial charge in [0.25, 0.3) is 5.76 Å². The first kappa shape index (κ1) is 17.2. The normalized spacial score (nSPS) is 13.9. The molecule has 1 aliphatic carbocycles. The summed E-state index contributed by atoms with van der Waals surface area (Å²) in [5, 5.41) is 5.72. The van der Waals surface area contributed by atoms with Gasteiger partial charge in [0.2, 0.25) is 5.91 Å². The van der Waals surface area contributed by atoms with Gasteiger partial charge < -0.3 is 10.6 Å². The Morgan fingerprint density at radius 3 is 2.70 bits per heavy atom. The second-order valence-corrected chi connectivity index (χ2v) is 5.53. The minimum absolute atomic E-state index is 0. The Morgan fingerprint density at radius 2 is 2.05 bits per heavy atom. The van der Waals surface area contributed by atoms with E-state index in [2.05, 4.69) is 10.6 Å². The molecule has 0 spiro atoms. The fourth-order valence-electron chi connectivity index (χ4n) is 1.67. The Morgan fingerprint density at radius 1 is 1.35 bits per heavy atom. The van der Waals surface area contributed by atoms with Crippen LogP contribution in [0.25, 0.3) is 0 Å². The predicted octanol–water partition coefficient (Wildman–Crippen LogP) is 3.36. The molecule has 0 saturated heterocycles. The second-order valence-electron chi connectivity index (χ2n) is 4.50. The zero-order valence-corrected chi connectivity index (χ0v) is 12.4. The van der Waals surface area contributed by atoms with Gasteiger partial charge in [0, 0.05) is 4.90 Å². The molecule has 0 bridgehead atoms. The number of nitrogens with one attached hydrogen (secondary N) is 2. The van der Waals surface area contributed by atoms with E-state index in [1.807, 2.05) is 0 Å². The highest BCUT2D eigenvalue weighted by atomic mass is 35.5. The fourth-order valence-corrected chi connectivity index (χ4v) is 2.27. The van der Waals surface area contributed by atoms with E-state index in [1.54, 1.807) is 24.3 Å². The van der Waals surface area contributed by atoms with E-state index in [4.69, 9.17) is 0 Å². The highest BCUT2D eigenvalue weighted by Gasteiger charge is 2.20. The summed E-state index contributed by atoms with van der Waals surface area (Å²) in [5.41, 5.74) is 0.436. The van der Waals surface area contributed by atoms with Crippen molar-refractivity contribution in [2.24, 2.45) is 5.92 Å². The van der Waals surface area contributed by atoms with Gasteiger partial charge in [0.15, 0.2) is 0 Å². The van der Waals surface area contributed by atoms with Gasteiger partial charge in [-0.05, 0) is 37.4 Å². The van der Waals surface area contributed by atoms with E-state index in [1.165, 1.54) is 12.8 Å². The third-order valence-corrected chi connectivity index (χ3v) is 3.58. The molecule has 0 radical (unpaired) electrons. The maximum atomic E-state index is 12.4. The SMILES string of the molecule is Cl.O=C(CNCC1CC1)Nc1ccccc1SC(F)F. The number of hydrogen-bond acceptors (Lipinski definition) is 3. The number of benzene rings is 1. The number of rotatable bonds is 7. The maximum Gasteiger partial charge on any atom is 0.288 e. The van der Waals surface area contributed by atoms with Crippen LogP contribution in [-0.2, 0) is 4.79 Å². The van der Waals surface area contributed by atoms with E-state index < -0.39 is 5.76 Å². The summed E-state index contributed by atoms with van der Waals surface area (Å²) in [7, 11) is 0. The van der Waals surface area contributed by atoms with Crippen molar-refractivity contribution in [3.63, 3.8) is 0 Å². The lowest BCUT2D eigenvalue weighted by Crippen LogP contribution is -2.29. The molecule has 2 N–H and O–H groups in total. The zero-order valence-electron chi connectivity index (χ0n) is 10.8. The van der Waals surface area contributed by atoms with Crippen LogP contribution in [0, 0.1) is 5.92 Å². The summed E-state index contributed by atoms with van der Waals surface area (Å²) < 4.78 is 24.7. The van der Waals surface area contributed by atoms with Crippen molar-refractivity contribution in [2.45, 2.75) is 23.5 Å². The van der Waals surface area contributed by atoms with Gasteiger partial charge in [-0.3, -0.25) is 4.79 Å². The Hall–Kier alpha value is -0.850. The van der Waals surface area contributed by atoms with Crippen LogP contribution >= 0.6 is 24.2 Å². The van der Waals surface area contributed by atoms with Crippen molar-refractivity contribution in [1.82, 2.24) is 5.32 Å². The number of alkyl halides is 2. The van der Waals surface area contributed by atoms with E-state index in [0.717, 1.165) is 6.54 Å². The van der Waals surface area contributed by atoms with Gasteiger partial charge in [-0.1, -0.05) is 23.9 Å². The fraction of sp³-hybridized carbons (Fsp3) is 0.462. The lowest BCUT2D eigenvalue weighted by atomic mass is 10.3. The zero-order chi connectivity index (χ0) is 13.7. The standard InChI is InChI=1S/C13H16F2N2OS.ClH/c14-13(15)19-11-4-2-1-3-10(11)17-12(18)8-16-7-9-5-6-9;/h1-4,9,13,16H,5-8H2,(H,17,18);1H. The minimum atomic E-state index is -2.49. The lowest BCUT2D eigenvalue weighted by Gasteiger charge is -2.10. The lowest BCUT2D eigenvalue weighted by molar-refractivity contribution is -0.115. The molecule has 1 aromatic carbocycles. The van der Waals surface area contributed by atoms with E-state index in [-0.39, 0.29) is 24.9 Å². The molecule has 20 heavy (non-hydrogen) atoms. The van der Waals surface area contributed by atoms with E-state index >= 15 is 0 Å². The summed E-state index contributed by atoms with van der Waals surface area (Å²) in [6.45, 7) is 1.06. The quantitative estimate of drug-likeness (QED) is 0.756. The van der Waals surface area contributed by atoms with Crippen molar-refractivity contribution >= 4 is 35.8 Å². The summed E-state index contributed by atoms with van der Waals surface area (Å²) in [6, 6.07) is 6.59. The van der Waals surface area contributed by atoms with Gasteiger partial charge >= 0.3 is 0 Å². The first-order valence-corrected chi connectivity index (χ1v) is 7.07. The van der Waals surface area contributed by atoms with Crippen molar-refractivity contribution in [2.75, 3.05) is 18.4 Å². The molecule has 0 aromatic heterocycles. The second kappa shape index (κ2) is 8.44. The van der Waals surface area contributed by atoms with Gasteiger partial charge in [0.1, 0.15) is 0 Å². The molecule has 0 aliphatic heterocycles. The number of hydrogen-bond donors (Lipinski definition) is 2. The minimum Gasteiger partial charge on any atom is -0.324 e. The highest BCUT2D eigenvalue weighted by molar-refractivity contribution is 7.99. The molecule has 1 saturated carbocycles. The van der Waals surface area contributed by atoms with E-state index in [0.29, 0.717) is 28.3 Å². The molecule has 0 unspecified atom stereocenters. The van der Waals surface area contributed by atoms with Gasteiger partial charge in [0.05, 0.1) is 12.2 Å². The number of thioether (sulfide) groups is 1. The number of amides is 1. The molecule has 112 valence electrons. The third kappa shape index (κ3) is 6.07. The van der Waals surface area contributed by atoms with Crippen LogP contribution in [-0.4, -0.2) is 24.8 Å². The Kier molecular flexibility index (Phi) is 7.26. The highest BCUT2D eigenvalue weighted by Crippen LogP contribution is 2.31. The number of carbonyl (C=O) groups excluding carboxylic acids is 1. The average molecular weight is 323 g/mol.